The zero-order chi connectivity index (χ0) is 12.5. The first-order valence-electron chi connectivity index (χ1n) is 5.35. The summed E-state index contributed by atoms with van der Waals surface area (Å²) in [4.78, 5) is 26.6. The maximum Gasteiger partial charge on any atom is 0.251 e. The van der Waals surface area contributed by atoms with Gasteiger partial charge in [0.05, 0.1) is 5.69 Å². The second kappa shape index (κ2) is 4.08. The molecule has 0 saturated carbocycles. The molecule has 17 heavy (non-hydrogen) atoms. The van der Waals surface area contributed by atoms with Crippen LogP contribution in [-0.2, 0) is 5.41 Å². The van der Waals surface area contributed by atoms with Crippen molar-refractivity contribution in [1.29, 1.82) is 0 Å². The van der Waals surface area contributed by atoms with E-state index >= 15 is 0 Å². The molecule has 5 heteroatoms. The number of H-pyrrole nitrogens is 1. The zero-order valence-electron chi connectivity index (χ0n) is 10.1. The minimum Gasteiger partial charge on any atom is -0.305 e. The molecule has 0 fully saturated rings. The van der Waals surface area contributed by atoms with Crippen molar-refractivity contribution >= 4 is 0 Å². The van der Waals surface area contributed by atoms with Crippen LogP contribution >= 0.6 is 0 Å². The molecule has 0 aromatic carbocycles. The van der Waals surface area contributed by atoms with Crippen molar-refractivity contribution in [1.82, 2.24) is 19.9 Å². The number of hydrogen-bond donors (Lipinski definition) is 1. The highest BCUT2D eigenvalue weighted by Gasteiger charge is 2.17. The molecule has 2 heterocycles. The molecule has 0 spiro atoms. The summed E-state index contributed by atoms with van der Waals surface area (Å²) in [5.74, 6) is 0.477. The smallest absolute Gasteiger partial charge is 0.251 e. The molecule has 1 N–H and O–H groups in total. The zero-order valence-corrected chi connectivity index (χ0v) is 10.1. The quantitative estimate of drug-likeness (QED) is 0.806. The van der Waals surface area contributed by atoms with Crippen molar-refractivity contribution in [3.05, 3.63) is 40.7 Å². The van der Waals surface area contributed by atoms with Gasteiger partial charge in [0.25, 0.3) is 5.56 Å². The molecule has 0 atom stereocenters. The molecule has 2 rings (SSSR count). The average molecular weight is 230 g/mol. The predicted molar refractivity (Wildman–Crippen MR) is 64.6 cm³/mol. The third kappa shape index (κ3) is 2.55. The molecule has 88 valence electrons. The molecule has 0 amide bonds. The van der Waals surface area contributed by atoms with Gasteiger partial charge in [-0.05, 0) is 6.07 Å². The van der Waals surface area contributed by atoms with Crippen molar-refractivity contribution < 1.29 is 0 Å². The van der Waals surface area contributed by atoms with Crippen molar-refractivity contribution in [2.24, 2.45) is 0 Å². The number of nitrogens with one attached hydrogen (secondary N) is 1. The van der Waals surface area contributed by atoms with Gasteiger partial charge in [0, 0.05) is 17.7 Å². The third-order valence-electron chi connectivity index (χ3n) is 2.33. The minimum absolute atomic E-state index is 0.168. The Morgan fingerprint density at radius 3 is 2.65 bits per heavy atom. The fourth-order valence-electron chi connectivity index (χ4n) is 1.39. The Morgan fingerprint density at radius 1 is 1.29 bits per heavy atom. The molecular formula is C12H14N4O. The van der Waals surface area contributed by atoms with E-state index in [-0.39, 0.29) is 11.0 Å². The lowest BCUT2D eigenvalue weighted by Gasteiger charge is -2.17. The van der Waals surface area contributed by atoms with Crippen molar-refractivity contribution in [3.8, 4) is 11.5 Å². The molecule has 0 aliphatic heterocycles. The van der Waals surface area contributed by atoms with E-state index in [2.05, 4.69) is 19.9 Å². The highest BCUT2D eigenvalue weighted by molar-refractivity contribution is 5.47. The van der Waals surface area contributed by atoms with Crippen LogP contribution in [0.15, 0.2) is 29.5 Å². The lowest BCUT2D eigenvalue weighted by atomic mass is 9.92. The maximum absolute atomic E-state index is 11.6. The Kier molecular flexibility index (Phi) is 2.75. The summed E-state index contributed by atoms with van der Waals surface area (Å²) >= 11 is 0. The van der Waals surface area contributed by atoms with E-state index in [0.717, 1.165) is 5.69 Å². The third-order valence-corrected chi connectivity index (χ3v) is 2.33. The highest BCUT2D eigenvalue weighted by atomic mass is 16.1. The number of aromatic amines is 1. The second-order valence-electron chi connectivity index (χ2n) is 4.82. The molecule has 0 bridgehead atoms. The summed E-state index contributed by atoms with van der Waals surface area (Å²) in [5.41, 5.74) is 1.02. The van der Waals surface area contributed by atoms with Gasteiger partial charge in [-0.25, -0.2) is 15.0 Å². The molecule has 2 aromatic rings. The van der Waals surface area contributed by atoms with Gasteiger partial charge in [-0.2, -0.15) is 0 Å². The summed E-state index contributed by atoms with van der Waals surface area (Å²) in [6.45, 7) is 6.04. The van der Waals surface area contributed by atoms with E-state index in [9.17, 15) is 4.79 Å². The van der Waals surface area contributed by atoms with Crippen LogP contribution in [0.4, 0.5) is 0 Å². The lowest BCUT2D eigenvalue weighted by Crippen LogP contribution is -2.20. The summed E-state index contributed by atoms with van der Waals surface area (Å²) in [7, 11) is 0. The van der Waals surface area contributed by atoms with Gasteiger partial charge in [0.15, 0.2) is 5.82 Å². The van der Waals surface area contributed by atoms with Crippen molar-refractivity contribution in [2.45, 2.75) is 26.2 Å². The SMILES string of the molecule is CC(C)(C)c1cc(=O)[nH]c(-c2ccncn2)n1. The molecular weight excluding hydrogens is 216 g/mol. The van der Waals surface area contributed by atoms with Gasteiger partial charge in [-0.15, -0.1) is 0 Å². The van der Waals surface area contributed by atoms with Crippen LogP contribution in [-0.4, -0.2) is 19.9 Å². The van der Waals surface area contributed by atoms with Crippen LogP contribution < -0.4 is 5.56 Å². The van der Waals surface area contributed by atoms with Gasteiger partial charge < -0.3 is 4.98 Å². The molecule has 0 saturated heterocycles. The topological polar surface area (TPSA) is 71.5 Å². The van der Waals surface area contributed by atoms with Gasteiger partial charge in [0.2, 0.25) is 0 Å². The Balaban J connectivity index is 2.58. The molecule has 0 radical (unpaired) electrons. The van der Waals surface area contributed by atoms with Gasteiger partial charge in [-0.1, -0.05) is 20.8 Å². The number of aromatic nitrogens is 4. The summed E-state index contributed by atoms with van der Waals surface area (Å²) < 4.78 is 0. The van der Waals surface area contributed by atoms with Crippen LogP contribution in [0.1, 0.15) is 26.5 Å². The van der Waals surface area contributed by atoms with Crippen LogP contribution in [0, 0.1) is 0 Å². The molecule has 2 aromatic heterocycles. The monoisotopic (exact) mass is 230 g/mol. The minimum atomic E-state index is -0.171. The number of hydrogen-bond acceptors (Lipinski definition) is 4. The molecule has 0 aliphatic rings. The standard InChI is InChI=1S/C12H14N4O/c1-12(2,3)9-6-10(17)16-11(15-9)8-4-5-13-7-14-8/h4-7H,1-3H3,(H,15,16,17). The Labute approximate surface area is 99.0 Å². The average Bonchev–Trinajstić information content (AvgIpc) is 2.28. The Hall–Kier alpha value is -2.04. The lowest BCUT2D eigenvalue weighted by molar-refractivity contribution is 0.566. The van der Waals surface area contributed by atoms with Gasteiger partial charge in [0.1, 0.15) is 12.0 Å². The largest absolute Gasteiger partial charge is 0.305 e. The summed E-state index contributed by atoms with van der Waals surface area (Å²) in [5, 5.41) is 0. The van der Waals surface area contributed by atoms with Crippen LogP contribution in [0.2, 0.25) is 0 Å². The van der Waals surface area contributed by atoms with Crippen LogP contribution in [0.3, 0.4) is 0 Å². The van der Waals surface area contributed by atoms with Crippen LogP contribution in [0.25, 0.3) is 11.5 Å². The Morgan fingerprint density at radius 2 is 2.06 bits per heavy atom. The highest BCUT2D eigenvalue weighted by Crippen LogP contribution is 2.20. The van der Waals surface area contributed by atoms with Crippen molar-refractivity contribution in [2.75, 3.05) is 0 Å². The maximum atomic E-state index is 11.6. The van der Waals surface area contributed by atoms with E-state index in [1.165, 1.54) is 12.4 Å². The Bertz CT molecular complexity index is 569. The summed E-state index contributed by atoms with van der Waals surface area (Å²) in [6.07, 6.45) is 3.05. The number of nitrogens with zero attached hydrogens (tertiary/aromatic N) is 3. The van der Waals surface area contributed by atoms with Crippen LogP contribution in [0.5, 0.6) is 0 Å². The first-order chi connectivity index (χ1) is 7.97. The molecule has 5 nitrogen and oxygen atoms in total. The predicted octanol–water partition coefficient (Wildman–Crippen LogP) is 1.52. The van der Waals surface area contributed by atoms with E-state index < -0.39 is 0 Å². The summed E-state index contributed by atoms with van der Waals surface area (Å²) in [6, 6.07) is 3.23. The first-order valence-corrected chi connectivity index (χ1v) is 5.35. The molecule has 0 unspecified atom stereocenters. The fourth-order valence-corrected chi connectivity index (χ4v) is 1.39. The molecule has 0 aliphatic carbocycles. The van der Waals surface area contributed by atoms with E-state index in [4.69, 9.17) is 0 Å². The normalized spacial score (nSPS) is 11.5. The fraction of sp³-hybridized carbons (Fsp3) is 0.333. The van der Waals surface area contributed by atoms with E-state index in [1.807, 2.05) is 20.8 Å². The van der Waals surface area contributed by atoms with Crippen molar-refractivity contribution in [3.63, 3.8) is 0 Å². The van der Waals surface area contributed by atoms with E-state index in [1.54, 1.807) is 12.3 Å². The van der Waals surface area contributed by atoms with Gasteiger partial charge in [-0.3, -0.25) is 4.79 Å². The van der Waals surface area contributed by atoms with Gasteiger partial charge >= 0.3 is 0 Å². The second-order valence-corrected chi connectivity index (χ2v) is 4.82. The van der Waals surface area contributed by atoms with E-state index in [0.29, 0.717) is 11.5 Å². The number of rotatable bonds is 1. The first kappa shape index (κ1) is 11.4.